The van der Waals surface area contributed by atoms with Crippen LogP contribution in [0.15, 0.2) is 0 Å². The number of rotatable bonds is 7. The highest BCUT2D eigenvalue weighted by atomic mass is 16.5. The van der Waals surface area contributed by atoms with Crippen molar-refractivity contribution < 1.29 is 14.6 Å². The van der Waals surface area contributed by atoms with Gasteiger partial charge in [0.05, 0.1) is 7.11 Å². The number of carbonyl (C=O) groups excluding carboxylic acids is 1. The zero-order valence-electron chi connectivity index (χ0n) is 12.8. The zero-order valence-corrected chi connectivity index (χ0v) is 12.8. The molecule has 1 atom stereocenters. The first-order valence-electron chi connectivity index (χ1n) is 7.33. The molecule has 1 saturated carbocycles. The molecule has 1 unspecified atom stereocenters. The predicted molar refractivity (Wildman–Crippen MR) is 75.9 cm³/mol. The molecule has 0 amide bonds. The van der Waals surface area contributed by atoms with Gasteiger partial charge in [-0.15, -0.1) is 0 Å². The number of esters is 1. The van der Waals surface area contributed by atoms with Crippen LogP contribution in [0.3, 0.4) is 0 Å². The van der Waals surface area contributed by atoms with Gasteiger partial charge in [0, 0.05) is 13.1 Å². The summed E-state index contributed by atoms with van der Waals surface area (Å²) in [5, 5.41) is 13.3. The van der Waals surface area contributed by atoms with Gasteiger partial charge in [-0.05, 0) is 37.5 Å². The summed E-state index contributed by atoms with van der Waals surface area (Å²) in [5.74, 6) is 0.102. The number of hydrogen-bond acceptors (Lipinski definition) is 4. The standard InChI is InChI=1S/C15H29NO3/c1-12(2)9-15(7-5-6-8-15)11-16-10-14(3,18)13(17)19-4/h12,16,18H,5-11H2,1-4H3. The van der Waals surface area contributed by atoms with Gasteiger partial charge in [-0.1, -0.05) is 26.7 Å². The molecular formula is C15H29NO3. The van der Waals surface area contributed by atoms with Crippen molar-refractivity contribution in [2.75, 3.05) is 20.2 Å². The molecule has 0 aromatic heterocycles. The third kappa shape index (κ3) is 4.77. The van der Waals surface area contributed by atoms with Crippen LogP contribution in [0.5, 0.6) is 0 Å². The van der Waals surface area contributed by atoms with E-state index in [0.29, 0.717) is 11.3 Å². The van der Waals surface area contributed by atoms with Gasteiger partial charge in [0.15, 0.2) is 5.60 Å². The van der Waals surface area contributed by atoms with E-state index in [1.165, 1.54) is 46.1 Å². The van der Waals surface area contributed by atoms with E-state index < -0.39 is 11.6 Å². The second-order valence-electron chi connectivity index (χ2n) is 6.67. The second-order valence-corrected chi connectivity index (χ2v) is 6.67. The minimum Gasteiger partial charge on any atom is -0.467 e. The van der Waals surface area contributed by atoms with Crippen LogP contribution in [0, 0.1) is 11.3 Å². The largest absolute Gasteiger partial charge is 0.467 e. The van der Waals surface area contributed by atoms with Crippen LogP contribution >= 0.6 is 0 Å². The summed E-state index contributed by atoms with van der Waals surface area (Å²) >= 11 is 0. The van der Waals surface area contributed by atoms with E-state index in [2.05, 4.69) is 23.9 Å². The smallest absolute Gasteiger partial charge is 0.338 e. The molecule has 2 N–H and O–H groups in total. The average Bonchev–Trinajstić information content (AvgIpc) is 2.75. The Labute approximate surface area is 116 Å². The van der Waals surface area contributed by atoms with E-state index in [9.17, 15) is 9.90 Å². The molecule has 1 fully saturated rings. The predicted octanol–water partition coefficient (Wildman–Crippen LogP) is 2.11. The fourth-order valence-corrected chi connectivity index (χ4v) is 3.31. The topological polar surface area (TPSA) is 58.6 Å². The summed E-state index contributed by atoms with van der Waals surface area (Å²) in [6, 6.07) is 0. The van der Waals surface area contributed by atoms with Crippen LogP contribution in [-0.2, 0) is 9.53 Å². The number of hydrogen-bond donors (Lipinski definition) is 2. The third-order valence-corrected chi connectivity index (χ3v) is 4.10. The van der Waals surface area contributed by atoms with Crippen LogP contribution in [0.2, 0.25) is 0 Å². The monoisotopic (exact) mass is 271 g/mol. The molecule has 4 nitrogen and oxygen atoms in total. The van der Waals surface area contributed by atoms with Gasteiger partial charge in [0.2, 0.25) is 0 Å². The Kier molecular flexibility index (Phi) is 5.81. The van der Waals surface area contributed by atoms with Crippen molar-refractivity contribution in [1.29, 1.82) is 0 Å². The lowest BCUT2D eigenvalue weighted by Crippen LogP contribution is -2.48. The first-order valence-corrected chi connectivity index (χ1v) is 7.33. The Morgan fingerprint density at radius 3 is 2.47 bits per heavy atom. The highest BCUT2D eigenvalue weighted by molar-refractivity contribution is 5.78. The van der Waals surface area contributed by atoms with E-state index in [1.54, 1.807) is 0 Å². The van der Waals surface area contributed by atoms with Gasteiger partial charge >= 0.3 is 5.97 Å². The summed E-state index contributed by atoms with van der Waals surface area (Å²) in [6.45, 7) is 7.13. The highest BCUT2D eigenvalue weighted by Crippen LogP contribution is 2.42. The van der Waals surface area contributed by atoms with Crippen molar-refractivity contribution in [3.05, 3.63) is 0 Å². The summed E-state index contributed by atoms with van der Waals surface area (Å²) in [7, 11) is 1.30. The number of aliphatic hydroxyl groups is 1. The number of ether oxygens (including phenoxy) is 1. The molecule has 1 aliphatic carbocycles. The van der Waals surface area contributed by atoms with Crippen LogP contribution in [-0.4, -0.2) is 36.9 Å². The number of carbonyl (C=O) groups is 1. The third-order valence-electron chi connectivity index (χ3n) is 4.10. The fraction of sp³-hybridized carbons (Fsp3) is 0.933. The van der Waals surface area contributed by atoms with Crippen LogP contribution in [0.25, 0.3) is 0 Å². The van der Waals surface area contributed by atoms with E-state index in [4.69, 9.17) is 0 Å². The van der Waals surface area contributed by atoms with E-state index in [0.717, 1.165) is 6.54 Å². The lowest BCUT2D eigenvalue weighted by Gasteiger charge is -2.32. The van der Waals surface area contributed by atoms with Crippen LogP contribution in [0.1, 0.15) is 52.9 Å². The van der Waals surface area contributed by atoms with Gasteiger partial charge in [-0.2, -0.15) is 0 Å². The lowest BCUT2D eigenvalue weighted by atomic mass is 9.78. The van der Waals surface area contributed by atoms with Crippen LogP contribution < -0.4 is 5.32 Å². The second kappa shape index (κ2) is 6.71. The molecule has 1 rings (SSSR count). The summed E-state index contributed by atoms with van der Waals surface area (Å²) in [5.41, 5.74) is -1.09. The van der Waals surface area contributed by atoms with Crippen molar-refractivity contribution in [3.63, 3.8) is 0 Å². The minimum atomic E-state index is -1.44. The normalized spacial score (nSPS) is 21.4. The molecule has 0 aliphatic heterocycles. The molecule has 0 radical (unpaired) electrons. The van der Waals surface area contributed by atoms with Crippen molar-refractivity contribution in [2.24, 2.45) is 11.3 Å². The Morgan fingerprint density at radius 2 is 2.00 bits per heavy atom. The van der Waals surface area contributed by atoms with Gasteiger partial charge in [-0.25, -0.2) is 4.79 Å². The fourth-order valence-electron chi connectivity index (χ4n) is 3.31. The Bertz CT molecular complexity index is 294. The minimum absolute atomic E-state index is 0.250. The SMILES string of the molecule is COC(=O)C(C)(O)CNCC1(CC(C)C)CCCC1. The Morgan fingerprint density at radius 1 is 1.42 bits per heavy atom. The molecule has 0 spiro atoms. The zero-order chi connectivity index (χ0) is 14.5. The molecule has 19 heavy (non-hydrogen) atoms. The summed E-state index contributed by atoms with van der Waals surface area (Å²) < 4.78 is 4.60. The molecule has 112 valence electrons. The molecule has 0 bridgehead atoms. The first kappa shape index (κ1) is 16.4. The maximum Gasteiger partial charge on any atom is 0.338 e. The molecule has 0 saturated heterocycles. The van der Waals surface area contributed by atoms with Crippen molar-refractivity contribution in [2.45, 2.75) is 58.5 Å². The molecular weight excluding hydrogens is 242 g/mol. The first-order chi connectivity index (χ1) is 8.81. The van der Waals surface area contributed by atoms with Gasteiger partial charge in [-0.3, -0.25) is 0 Å². The van der Waals surface area contributed by atoms with Crippen LogP contribution in [0.4, 0.5) is 0 Å². The van der Waals surface area contributed by atoms with E-state index >= 15 is 0 Å². The van der Waals surface area contributed by atoms with Gasteiger partial charge < -0.3 is 15.2 Å². The quantitative estimate of drug-likeness (QED) is 0.696. The Hall–Kier alpha value is -0.610. The lowest BCUT2D eigenvalue weighted by molar-refractivity contribution is -0.160. The maximum atomic E-state index is 11.4. The van der Waals surface area contributed by atoms with E-state index in [-0.39, 0.29) is 6.54 Å². The highest BCUT2D eigenvalue weighted by Gasteiger charge is 2.36. The van der Waals surface area contributed by atoms with Crippen molar-refractivity contribution >= 4 is 5.97 Å². The molecule has 0 aromatic rings. The Balaban J connectivity index is 2.47. The average molecular weight is 271 g/mol. The van der Waals surface area contributed by atoms with Crippen molar-refractivity contribution in [1.82, 2.24) is 5.32 Å². The van der Waals surface area contributed by atoms with E-state index in [1.807, 2.05) is 0 Å². The molecule has 1 aliphatic rings. The maximum absolute atomic E-state index is 11.4. The molecule has 0 heterocycles. The molecule has 4 heteroatoms. The van der Waals surface area contributed by atoms with Gasteiger partial charge in [0.1, 0.15) is 0 Å². The van der Waals surface area contributed by atoms with Crippen molar-refractivity contribution in [3.8, 4) is 0 Å². The number of methoxy groups -OCH3 is 1. The molecule has 0 aromatic carbocycles. The summed E-state index contributed by atoms with van der Waals surface area (Å²) in [4.78, 5) is 11.4. The number of nitrogens with one attached hydrogen (secondary N) is 1. The van der Waals surface area contributed by atoms with Gasteiger partial charge in [0.25, 0.3) is 0 Å². The summed E-state index contributed by atoms with van der Waals surface area (Å²) in [6.07, 6.45) is 6.29.